The largest absolute Gasteiger partial charge is 0.494 e. The lowest BCUT2D eigenvalue weighted by atomic mass is 9.78. The molecule has 0 aliphatic carbocycles. The lowest BCUT2D eigenvalue weighted by Gasteiger charge is -2.10. The van der Waals surface area contributed by atoms with Gasteiger partial charge in [0, 0.05) is 0 Å². The summed E-state index contributed by atoms with van der Waals surface area (Å²) in [4.78, 5) is 0. The van der Waals surface area contributed by atoms with Gasteiger partial charge in [0.2, 0.25) is 0 Å². The summed E-state index contributed by atoms with van der Waals surface area (Å²) >= 11 is 0. The Bertz CT molecular complexity index is 355. The van der Waals surface area contributed by atoms with Crippen LogP contribution in [0, 0.1) is 18.6 Å². The number of hydrogen-bond acceptors (Lipinski definition) is 3. The maximum absolute atomic E-state index is 13.4. The van der Waals surface area contributed by atoms with Crippen LogP contribution < -0.4 is 10.2 Å². The lowest BCUT2D eigenvalue weighted by molar-refractivity contribution is 0.378. The summed E-state index contributed by atoms with van der Waals surface area (Å²) in [5.74, 6) is -2.27. The van der Waals surface area contributed by atoms with Crippen molar-refractivity contribution >= 4 is 12.6 Å². The van der Waals surface area contributed by atoms with Gasteiger partial charge in [-0.2, -0.15) is 0 Å². The van der Waals surface area contributed by atoms with Crippen LogP contribution in [-0.4, -0.2) is 24.3 Å². The number of methoxy groups -OCH3 is 1. The molecule has 1 rings (SSSR count). The molecule has 0 amide bonds. The molecule has 0 aromatic heterocycles. The molecular formula is C8H9BF2O3. The number of hydrogen-bond donors (Lipinski definition) is 2. The van der Waals surface area contributed by atoms with Gasteiger partial charge in [0.1, 0.15) is 5.82 Å². The molecule has 0 unspecified atom stereocenters. The highest BCUT2D eigenvalue weighted by molar-refractivity contribution is 6.58. The predicted molar refractivity (Wildman–Crippen MR) is 47.5 cm³/mol. The van der Waals surface area contributed by atoms with E-state index >= 15 is 0 Å². The number of halogens is 2. The third-order valence-electron chi connectivity index (χ3n) is 1.86. The van der Waals surface area contributed by atoms with Crippen LogP contribution in [0.25, 0.3) is 0 Å². The molecule has 0 atom stereocenters. The van der Waals surface area contributed by atoms with E-state index in [0.29, 0.717) is 0 Å². The summed E-state index contributed by atoms with van der Waals surface area (Å²) in [7, 11) is -0.971. The molecule has 0 saturated heterocycles. The van der Waals surface area contributed by atoms with Crippen molar-refractivity contribution in [3.05, 3.63) is 23.3 Å². The van der Waals surface area contributed by atoms with Crippen LogP contribution in [0.2, 0.25) is 0 Å². The molecule has 0 fully saturated rings. The van der Waals surface area contributed by atoms with Crippen molar-refractivity contribution in [3.63, 3.8) is 0 Å². The molecule has 0 aliphatic rings. The molecule has 0 bridgehead atoms. The zero-order valence-corrected chi connectivity index (χ0v) is 7.71. The Hall–Kier alpha value is -1.14. The smallest absolute Gasteiger partial charge is 0.493 e. The van der Waals surface area contributed by atoms with Crippen molar-refractivity contribution in [1.82, 2.24) is 0 Å². The van der Waals surface area contributed by atoms with Gasteiger partial charge < -0.3 is 14.8 Å². The predicted octanol–water partition coefficient (Wildman–Crippen LogP) is -0.0384. The monoisotopic (exact) mass is 202 g/mol. The first kappa shape index (κ1) is 10.9. The zero-order chi connectivity index (χ0) is 10.9. The van der Waals surface area contributed by atoms with Gasteiger partial charge in [-0.15, -0.1) is 0 Å². The Balaban J connectivity index is 3.44. The van der Waals surface area contributed by atoms with Crippen LogP contribution >= 0.6 is 0 Å². The van der Waals surface area contributed by atoms with E-state index in [1.165, 1.54) is 14.0 Å². The molecule has 0 saturated carbocycles. The van der Waals surface area contributed by atoms with Crippen molar-refractivity contribution in [3.8, 4) is 5.75 Å². The first-order valence-corrected chi connectivity index (χ1v) is 3.87. The molecule has 0 radical (unpaired) electrons. The molecule has 3 nitrogen and oxygen atoms in total. The van der Waals surface area contributed by atoms with E-state index < -0.39 is 24.2 Å². The Kier molecular flexibility index (Phi) is 3.08. The summed E-state index contributed by atoms with van der Waals surface area (Å²) in [5.41, 5.74) is -0.542. The van der Waals surface area contributed by atoms with E-state index in [1.807, 2.05) is 0 Å². The second kappa shape index (κ2) is 3.94. The molecule has 76 valence electrons. The third kappa shape index (κ3) is 1.71. The topological polar surface area (TPSA) is 49.7 Å². The number of ether oxygens (including phenoxy) is 1. The lowest BCUT2D eigenvalue weighted by Crippen LogP contribution is -2.36. The third-order valence-corrected chi connectivity index (χ3v) is 1.86. The second-order valence-electron chi connectivity index (χ2n) is 2.81. The summed E-state index contributed by atoms with van der Waals surface area (Å²) in [6.07, 6.45) is 0. The Morgan fingerprint density at radius 1 is 1.36 bits per heavy atom. The molecular weight excluding hydrogens is 193 g/mol. The van der Waals surface area contributed by atoms with Crippen molar-refractivity contribution in [2.24, 2.45) is 0 Å². The van der Waals surface area contributed by atoms with Crippen LogP contribution in [0.5, 0.6) is 5.75 Å². The van der Waals surface area contributed by atoms with Gasteiger partial charge >= 0.3 is 7.12 Å². The van der Waals surface area contributed by atoms with Crippen molar-refractivity contribution in [2.45, 2.75) is 6.92 Å². The van der Waals surface area contributed by atoms with Gasteiger partial charge in [-0.05, 0) is 18.6 Å². The van der Waals surface area contributed by atoms with Crippen LogP contribution in [-0.2, 0) is 0 Å². The zero-order valence-electron chi connectivity index (χ0n) is 7.71. The highest BCUT2D eigenvalue weighted by Gasteiger charge is 2.25. The molecule has 0 heterocycles. The normalized spacial score (nSPS) is 10.1. The van der Waals surface area contributed by atoms with Crippen LogP contribution in [0.1, 0.15) is 5.56 Å². The fourth-order valence-electron chi connectivity index (χ4n) is 1.22. The fraction of sp³-hybridized carbons (Fsp3) is 0.250. The molecule has 14 heavy (non-hydrogen) atoms. The number of aryl methyl sites for hydroxylation is 1. The molecule has 1 aromatic carbocycles. The van der Waals surface area contributed by atoms with E-state index in [1.54, 1.807) is 0 Å². The first-order chi connectivity index (χ1) is 6.49. The summed E-state index contributed by atoms with van der Waals surface area (Å²) in [6.45, 7) is 1.46. The maximum Gasteiger partial charge on any atom is 0.494 e. The average molecular weight is 202 g/mol. The van der Waals surface area contributed by atoms with Gasteiger partial charge in [0.05, 0.1) is 12.6 Å². The maximum atomic E-state index is 13.4. The minimum Gasteiger partial charge on any atom is -0.493 e. The standard InChI is InChI=1S/C8H9BF2O3/c1-4-3-5(10)6(9(12)13)7(11)8(4)14-2/h3,12-13H,1-2H3. The van der Waals surface area contributed by atoms with E-state index in [-0.39, 0.29) is 11.3 Å². The highest BCUT2D eigenvalue weighted by Crippen LogP contribution is 2.21. The highest BCUT2D eigenvalue weighted by atomic mass is 19.1. The van der Waals surface area contributed by atoms with Crippen LogP contribution in [0.4, 0.5) is 8.78 Å². The van der Waals surface area contributed by atoms with E-state index in [2.05, 4.69) is 4.74 Å². The molecule has 1 aromatic rings. The van der Waals surface area contributed by atoms with Gasteiger partial charge in [0.15, 0.2) is 11.6 Å². The molecule has 2 N–H and O–H groups in total. The summed E-state index contributed by atoms with van der Waals surface area (Å²) in [5, 5.41) is 17.4. The van der Waals surface area contributed by atoms with Gasteiger partial charge in [-0.3, -0.25) is 0 Å². The van der Waals surface area contributed by atoms with E-state index in [4.69, 9.17) is 10.0 Å². The molecule has 0 aliphatic heterocycles. The number of benzene rings is 1. The van der Waals surface area contributed by atoms with Crippen molar-refractivity contribution < 1.29 is 23.6 Å². The SMILES string of the molecule is COc1c(C)cc(F)c(B(O)O)c1F. The Morgan fingerprint density at radius 2 is 1.93 bits per heavy atom. The molecule has 0 spiro atoms. The minimum atomic E-state index is -2.19. The van der Waals surface area contributed by atoms with Crippen LogP contribution in [0.15, 0.2) is 6.07 Å². The van der Waals surface area contributed by atoms with E-state index in [9.17, 15) is 8.78 Å². The summed E-state index contributed by atoms with van der Waals surface area (Å²) < 4.78 is 31.1. The minimum absolute atomic E-state index is 0.186. The quantitative estimate of drug-likeness (QED) is 0.661. The van der Waals surface area contributed by atoms with Crippen molar-refractivity contribution in [2.75, 3.05) is 7.11 Å². The first-order valence-electron chi connectivity index (χ1n) is 3.87. The van der Waals surface area contributed by atoms with Crippen LogP contribution in [0.3, 0.4) is 0 Å². The molecule has 6 heteroatoms. The fourth-order valence-corrected chi connectivity index (χ4v) is 1.22. The number of rotatable bonds is 2. The Labute approximate surface area is 80.1 Å². The summed E-state index contributed by atoms with van der Waals surface area (Å²) in [6, 6.07) is 0.983. The van der Waals surface area contributed by atoms with Gasteiger partial charge in [0.25, 0.3) is 0 Å². The average Bonchev–Trinajstić information content (AvgIpc) is 2.02. The van der Waals surface area contributed by atoms with Gasteiger partial charge in [-0.25, -0.2) is 8.78 Å². The second-order valence-corrected chi connectivity index (χ2v) is 2.81. The Morgan fingerprint density at radius 3 is 2.36 bits per heavy atom. The van der Waals surface area contributed by atoms with Crippen molar-refractivity contribution in [1.29, 1.82) is 0 Å². The van der Waals surface area contributed by atoms with E-state index in [0.717, 1.165) is 6.07 Å². The van der Waals surface area contributed by atoms with Gasteiger partial charge in [-0.1, -0.05) is 0 Å².